The smallest absolute Gasteiger partial charge is 0.315 e. The van der Waals surface area contributed by atoms with E-state index >= 15 is 0 Å². The monoisotopic (exact) mass is 328 g/mol. The fourth-order valence-electron chi connectivity index (χ4n) is 2.17. The first kappa shape index (κ1) is 17.7. The minimum Gasteiger partial charge on any atom is -0.493 e. The predicted octanol–water partition coefficient (Wildman–Crippen LogP) is 3.19. The number of hydrogen-bond acceptors (Lipinski definition) is 3. The van der Waals surface area contributed by atoms with Crippen molar-refractivity contribution in [3.63, 3.8) is 0 Å². The third-order valence-corrected chi connectivity index (χ3v) is 3.54. The van der Waals surface area contributed by atoms with Crippen molar-refractivity contribution in [1.82, 2.24) is 10.6 Å². The third kappa shape index (κ3) is 5.50. The maximum atomic E-state index is 11.8. The normalized spacial score (nSPS) is 10.1. The van der Waals surface area contributed by atoms with Crippen LogP contribution in [0.15, 0.2) is 42.5 Å². The molecule has 0 unspecified atom stereocenters. The van der Waals surface area contributed by atoms with E-state index in [1.54, 1.807) is 7.11 Å². The lowest BCUT2D eigenvalue weighted by molar-refractivity contribution is 0.235. The largest absolute Gasteiger partial charge is 0.493 e. The van der Waals surface area contributed by atoms with Gasteiger partial charge in [0.05, 0.1) is 13.7 Å². The molecule has 5 nitrogen and oxygen atoms in total. The van der Waals surface area contributed by atoms with Crippen molar-refractivity contribution in [2.24, 2.45) is 0 Å². The van der Waals surface area contributed by atoms with Gasteiger partial charge in [-0.3, -0.25) is 0 Å². The number of ether oxygens (including phenoxy) is 2. The van der Waals surface area contributed by atoms with E-state index in [9.17, 15) is 4.79 Å². The van der Waals surface area contributed by atoms with Crippen LogP contribution in [0.3, 0.4) is 0 Å². The Balaban J connectivity index is 1.68. The van der Waals surface area contributed by atoms with Crippen molar-refractivity contribution in [3.05, 3.63) is 59.2 Å². The van der Waals surface area contributed by atoms with Gasteiger partial charge in [0, 0.05) is 6.54 Å². The van der Waals surface area contributed by atoms with Crippen molar-refractivity contribution in [3.8, 4) is 11.5 Å². The molecule has 0 atom stereocenters. The van der Waals surface area contributed by atoms with Gasteiger partial charge in [0.1, 0.15) is 6.61 Å². The molecule has 2 N–H and O–H groups in total. The van der Waals surface area contributed by atoms with E-state index in [1.165, 1.54) is 5.56 Å². The Morgan fingerprint density at radius 1 is 0.958 bits per heavy atom. The Labute approximate surface area is 143 Å². The molecule has 0 bridgehead atoms. The molecule has 0 aliphatic heterocycles. The van der Waals surface area contributed by atoms with Crippen LogP contribution in [0.2, 0.25) is 0 Å². The maximum absolute atomic E-state index is 11.8. The Kier molecular flexibility index (Phi) is 6.49. The highest BCUT2D eigenvalue weighted by Gasteiger charge is 2.05. The second-order valence-corrected chi connectivity index (χ2v) is 5.60. The van der Waals surface area contributed by atoms with Gasteiger partial charge in [-0.25, -0.2) is 4.79 Å². The second kappa shape index (κ2) is 8.82. The summed E-state index contributed by atoms with van der Waals surface area (Å²) in [7, 11) is 1.61. The summed E-state index contributed by atoms with van der Waals surface area (Å²) < 4.78 is 10.9. The summed E-state index contributed by atoms with van der Waals surface area (Å²) in [5, 5.41) is 5.58. The van der Waals surface area contributed by atoms with Crippen LogP contribution in [-0.4, -0.2) is 26.3 Å². The molecule has 0 aliphatic rings. The van der Waals surface area contributed by atoms with Crippen LogP contribution in [0.1, 0.15) is 16.7 Å². The second-order valence-electron chi connectivity index (χ2n) is 5.60. The SMILES string of the molecule is COc1cc(C)ccc1OCCNC(=O)NCc1ccc(C)cc1. The van der Waals surface area contributed by atoms with Gasteiger partial charge in [0.25, 0.3) is 0 Å². The fraction of sp³-hybridized carbons (Fsp3) is 0.316. The molecule has 0 saturated heterocycles. The Bertz CT molecular complexity index is 669. The van der Waals surface area contributed by atoms with E-state index in [2.05, 4.69) is 10.6 Å². The number of aryl methyl sites for hydroxylation is 2. The highest BCUT2D eigenvalue weighted by molar-refractivity contribution is 5.73. The molecule has 0 aromatic heterocycles. The number of benzene rings is 2. The molecule has 24 heavy (non-hydrogen) atoms. The van der Waals surface area contributed by atoms with Crippen LogP contribution >= 0.6 is 0 Å². The number of hydrogen-bond donors (Lipinski definition) is 2. The summed E-state index contributed by atoms with van der Waals surface area (Å²) in [5.74, 6) is 1.36. The standard InChI is InChI=1S/C19H24N2O3/c1-14-4-7-16(8-5-14)13-21-19(22)20-10-11-24-17-9-6-15(2)12-18(17)23-3/h4-9,12H,10-11,13H2,1-3H3,(H2,20,21,22). The maximum Gasteiger partial charge on any atom is 0.315 e. The average Bonchev–Trinajstić information content (AvgIpc) is 2.59. The van der Waals surface area contributed by atoms with Crippen molar-refractivity contribution in [2.45, 2.75) is 20.4 Å². The van der Waals surface area contributed by atoms with Crippen LogP contribution < -0.4 is 20.1 Å². The molecular formula is C19H24N2O3. The first-order chi connectivity index (χ1) is 11.6. The van der Waals surface area contributed by atoms with Gasteiger partial charge >= 0.3 is 6.03 Å². The number of urea groups is 1. The molecule has 2 rings (SSSR count). The lowest BCUT2D eigenvalue weighted by Gasteiger charge is -2.12. The van der Waals surface area contributed by atoms with Crippen LogP contribution in [0.25, 0.3) is 0 Å². The zero-order valence-electron chi connectivity index (χ0n) is 14.4. The third-order valence-electron chi connectivity index (χ3n) is 3.54. The Morgan fingerprint density at radius 3 is 2.38 bits per heavy atom. The van der Waals surface area contributed by atoms with Crippen molar-refractivity contribution < 1.29 is 14.3 Å². The summed E-state index contributed by atoms with van der Waals surface area (Å²) in [6.07, 6.45) is 0. The molecule has 128 valence electrons. The van der Waals surface area contributed by atoms with Gasteiger partial charge in [-0.15, -0.1) is 0 Å². The van der Waals surface area contributed by atoms with Crippen molar-refractivity contribution >= 4 is 6.03 Å². The molecule has 0 spiro atoms. The number of nitrogens with one attached hydrogen (secondary N) is 2. The lowest BCUT2D eigenvalue weighted by Crippen LogP contribution is -2.37. The van der Waals surface area contributed by atoms with E-state index in [4.69, 9.17) is 9.47 Å². The summed E-state index contributed by atoms with van der Waals surface area (Å²) in [5.41, 5.74) is 3.37. The zero-order valence-corrected chi connectivity index (χ0v) is 14.4. The van der Waals surface area contributed by atoms with Crippen molar-refractivity contribution in [1.29, 1.82) is 0 Å². The predicted molar refractivity (Wildman–Crippen MR) is 94.6 cm³/mol. The number of methoxy groups -OCH3 is 1. The summed E-state index contributed by atoms with van der Waals surface area (Å²) >= 11 is 0. The average molecular weight is 328 g/mol. The van der Waals surface area contributed by atoms with E-state index in [1.807, 2.05) is 56.3 Å². The Morgan fingerprint density at radius 2 is 1.67 bits per heavy atom. The van der Waals surface area contributed by atoms with E-state index in [-0.39, 0.29) is 6.03 Å². The Hall–Kier alpha value is -2.69. The van der Waals surface area contributed by atoms with Gasteiger partial charge in [0.15, 0.2) is 11.5 Å². The number of carbonyl (C=O) groups excluding carboxylic acids is 1. The molecule has 0 heterocycles. The van der Waals surface area contributed by atoms with Gasteiger partial charge in [0.2, 0.25) is 0 Å². The van der Waals surface area contributed by atoms with Gasteiger partial charge < -0.3 is 20.1 Å². The van der Waals surface area contributed by atoms with Crippen LogP contribution in [0.4, 0.5) is 4.79 Å². The minimum absolute atomic E-state index is 0.213. The molecular weight excluding hydrogens is 304 g/mol. The molecule has 0 fully saturated rings. The number of carbonyl (C=O) groups is 1. The fourth-order valence-corrected chi connectivity index (χ4v) is 2.17. The molecule has 5 heteroatoms. The van der Waals surface area contributed by atoms with Crippen LogP contribution in [0, 0.1) is 13.8 Å². The quantitative estimate of drug-likeness (QED) is 0.768. The highest BCUT2D eigenvalue weighted by atomic mass is 16.5. The van der Waals surface area contributed by atoms with Crippen molar-refractivity contribution in [2.75, 3.05) is 20.3 Å². The van der Waals surface area contributed by atoms with Crippen LogP contribution in [-0.2, 0) is 6.54 Å². The van der Waals surface area contributed by atoms with Gasteiger partial charge in [-0.2, -0.15) is 0 Å². The van der Waals surface area contributed by atoms with E-state index < -0.39 is 0 Å². The molecule has 0 saturated carbocycles. The first-order valence-corrected chi connectivity index (χ1v) is 7.93. The summed E-state index contributed by atoms with van der Waals surface area (Å²) in [6, 6.07) is 13.6. The van der Waals surface area contributed by atoms with Gasteiger partial charge in [-0.1, -0.05) is 35.9 Å². The van der Waals surface area contributed by atoms with Gasteiger partial charge in [-0.05, 0) is 37.1 Å². The molecule has 0 radical (unpaired) electrons. The van der Waals surface area contributed by atoms with Crippen LogP contribution in [0.5, 0.6) is 11.5 Å². The molecule has 2 aromatic carbocycles. The minimum atomic E-state index is -0.213. The topological polar surface area (TPSA) is 59.6 Å². The molecule has 2 aromatic rings. The zero-order chi connectivity index (χ0) is 17.4. The molecule has 2 amide bonds. The lowest BCUT2D eigenvalue weighted by atomic mass is 10.1. The highest BCUT2D eigenvalue weighted by Crippen LogP contribution is 2.27. The number of amides is 2. The number of rotatable bonds is 7. The summed E-state index contributed by atoms with van der Waals surface area (Å²) in [4.78, 5) is 11.8. The molecule has 0 aliphatic carbocycles. The first-order valence-electron chi connectivity index (χ1n) is 7.93. The van der Waals surface area contributed by atoms with E-state index in [0.29, 0.717) is 31.2 Å². The summed E-state index contributed by atoms with van der Waals surface area (Å²) in [6.45, 7) is 5.31. The van der Waals surface area contributed by atoms with E-state index in [0.717, 1.165) is 11.1 Å².